The number of pyridine rings is 1. The summed E-state index contributed by atoms with van der Waals surface area (Å²) in [6, 6.07) is 3.24. The average molecular weight is 263 g/mol. The molecule has 0 radical (unpaired) electrons. The van der Waals surface area contributed by atoms with Crippen molar-refractivity contribution in [3.05, 3.63) is 44.3 Å². The van der Waals surface area contributed by atoms with E-state index in [4.69, 9.17) is 11.6 Å². The second kappa shape index (κ2) is 4.63. The topological polar surface area (TPSA) is 22.0 Å². The van der Waals surface area contributed by atoms with Crippen LogP contribution in [0.5, 0.6) is 0 Å². The van der Waals surface area contributed by atoms with E-state index in [1.807, 2.05) is 6.92 Å². The lowest BCUT2D eigenvalue weighted by Gasteiger charge is -2.04. The van der Waals surface area contributed by atoms with Gasteiger partial charge in [0.1, 0.15) is 0 Å². The van der Waals surface area contributed by atoms with Crippen LogP contribution in [0.3, 0.4) is 0 Å². The fraction of sp³-hybridized carbons (Fsp3) is 0.222. The van der Waals surface area contributed by atoms with Gasteiger partial charge in [-0.15, -0.1) is 0 Å². The van der Waals surface area contributed by atoms with Crippen LogP contribution in [-0.4, -0.2) is 4.57 Å². The zero-order valence-corrected chi connectivity index (χ0v) is 9.47. The first-order chi connectivity index (χ1) is 6.13. The number of halogens is 2. The molecule has 13 heavy (non-hydrogen) atoms. The van der Waals surface area contributed by atoms with Gasteiger partial charge in [0.15, 0.2) is 0 Å². The lowest BCUT2D eigenvalue weighted by molar-refractivity contribution is 0.745. The lowest BCUT2D eigenvalue weighted by Crippen LogP contribution is -2.18. The SMILES string of the molecule is C/C(=C/Cl)Cn1cc(Br)ccc1=O. The summed E-state index contributed by atoms with van der Waals surface area (Å²) >= 11 is 8.80. The Balaban J connectivity index is 3.01. The van der Waals surface area contributed by atoms with Gasteiger partial charge in [0.05, 0.1) is 0 Å². The number of rotatable bonds is 2. The van der Waals surface area contributed by atoms with E-state index >= 15 is 0 Å². The van der Waals surface area contributed by atoms with Crippen molar-refractivity contribution in [2.45, 2.75) is 13.5 Å². The molecule has 4 heteroatoms. The van der Waals surface area contributed by atoms with Crippen molar-refractivity contribution >= 4 is 27.5 Å². The van der Waals surface area contributed by atoms with E-state index in [0.29, 0.717) is 6.54 Å². The molecule has 0 N–H and O–H groups in total. The molecule has 0 spiro atoms. The molecule has 2 nitrogen and oxygen atoms in total. The molecule has 1 aromatic rings. The number of hydrogen-bond acceptors (Lipinski definition) is 1. The van der Waals surface area contributed by atoms with E-state index in [1.54, 1.807) is 16.8 Å². The van der Waals surface area contributed by atoms with E-state index < -0.39 is 0 Å². The summed E-state index contributed by atoms with van der Waals surface area (Å²) in [6.45, 7) is 2.40. The Bertz CT molecular complexity index is 383. The number of nitrogens with zero attached hydrogens (tertiary/aromatic N) is 1. The van der Waals surface area contributed by atoms with Crippen LogP contribution in [0, 0.1) is 0 Å². The number of hydrogen-bond donors (Lipinski definition) is 0. The second-order valence-electron chi connectivity index (χ2n) is 2.77. The van der Waals surface area contributed by atoms with E-state index in [-0.39, 0.29) is 5.56 Å². The van der Waals surface area contributed by atoms with Crippen molar-refractivity contribution in [1.29, 1.82) is 0 Å². The smallest absolute Gasteiger partial charge is 0.250 e. The maximum Gasteiger partial charge on any atom is 0.250 e. The van der Waals surface area contributed by atoms with Gasteiger partial charge in [-0.1, -0.05) is 11.6 Å². The Morgan fingerprint density at radius 3 is 3.00 bits per heavy atom. The minimum absolute atomic E-state index is 0.0268. The van der Waals surface area contributed by atoms with Gasteiger partial charge in [0, 0.05) is 28.8 Å². The van der Waals surface area contributed by atoms with Crippen LogP contribution in [0.1, 0.15) is 6.92 Å². The van der Waals surface area contributed by atoms with Crippen molar-refractivity contribution in [2.24, 2.45) is 0 Å². The largest absolute Gasteiger partial charge is 0.310 e. The molecule has 0 aromatic carbocycles. The predicted octanol–water partition coefficient (Wildman–Crippen LogP) is 2.75. The Labute approximate surface area is 90.0 Å². The third-order valence-corrected chi connectivity index (χ3v) is 2.39. The maximum atomic E-state index is 11.3. The first kappa shape index (κ1) is 10.5. The lowest BCUT2D eigenvalue weighted by atomic mass is 10.3. The zero-order valence-electron chi connectivity index (χ0n) is 7.13. The summed E-state index contributed by atoms with van der Waals surface area (Å²) in [7, 11) is 0. The van der Waals surface area contributed by atoms with Crippen LogP contribution in [0.2, 0.25) is 0 Å². The first-order valence-electron chi connectivity index (χ1n) is 3.75. The summed E-state index contributed by atoms with van der Waals surface area (Å²) in [5.74, 6) is 0. The summed E-state index contributed by atoms with van der Waals surface area (Å²) in [4.78, 5) is 11.3. The van der Waals surface area contributed by atoms with Crippen molar-refractivity contribution < 1.29 is 0 Å². The quantitative estimate of drug-likeness (QED) is 0.803. The monoisotopic (exact) mass is 261 g/mol. The van der Waals surface area contributed by atoms with Crippen LogP contribution in [0.15, 0.2) is 38.7 Å². The van der Waals surface area contributed by atoms with Crippen LogP contribution < -0.4 is 5.56 Å². The van der Waals surface area contributed by atoms with Gasteiger partial charge in [-0.2, -0.15) is 0 Å². The fourth-order valence-electron chi connectivity index (χ4n) is 0.929. The number of allylic oxidation sites excluding steroid dienone is 1. The minimum atomic E-state index is -0.0268. The minimum Gasteiger partial charge on any atom is -0.310 e. The molecular formula is C9H9BrClNO. The fourth-order valence-corrected chi connectivity index (χ4v) is 1.38. The van der Waals surface area contributed by atoms with Gasteiger partial charge in [-0.3, -0.25) is 4.79 Å². The molecule has 0 saturated heterocycles. The highest BCUT2D eigenvalue weighted by Gasteiger charge is 1.96. The van der Waals surface area contributed by atoms with Crippen molar-refractivity contribution in [3.63, 3.8) is 0 Å². The highest BCUT2D eigenvalue weighted by Crippen LogP contribution is 2.06. The van der Waals surface area contributed by atoms with Crippen LogP contribution in [-0.2, 0) is 6.54 Å². The first-order valence-corrected chi connectivity index (χ1v) is 4.98. The molecule has 0 aliphatic carbocycles. The Morgan fingerprint density at radius 2 is 2.38 bits per heavy atom. The highest BCUT2D eigenvalue weighted by molar-refractivity contribution is 9.10. The third kappa shape index (κ3) is 3.01. The van der Waals surface area contributed by atoms with Crippen molar-refractivity contribution in [1.82, 2.24) is 4.57 Å². The van der Waals surface area contributed by atoms with E-state index in [9.17, 15) is 4.79 Å². The third-order valence-electron chi connectivity index (χ3n) is 1.55. The highest BCUT2D eigenvalue weighted by atomic mass is 79.9. The average Bonchev–Trinajstić information content (AvgIpc) is 2.11. The normalized spacial score (nSPS) is 11.8. The molecule has 0 amide bonds. The Hall–Kier alpha value is -0.540. The summed E-state index contributed by atoms with van der Waals surface area (Å²) in [5, 5.41) is 0. The molecular weight excluding hydrogens is 253 g/mol. The van der Waals surface area contributed by atoms with E-state index in [2.05, 4.69) is 15.9 Å². The molecule has 0 aliphatic rings. The maximum absolute atomic E-state index is 11.3. The Kier molecular flexibility index (Phi) is 3.75. The van der Waals surface area contributed by atoms with Gasteiger partial charge >= 0.3 is 0 Å². The van der Waals surface area contributed by atoms with Gasteiger partial charge < -0.3 is 4.57 Å². The number of aromatic nitrogens is 1. The molecule has 0 saturated carbocycles. The molecule has 0 fully saturated rings. The summed E-state index contributed by atoms with van der Waals surface area (Å²) < 4.78 is 2.48. The molecule has 70 valence electrons. The molecule has 1 aromatic heterocycles. The molecule has 1 heterocycles. The van der Waals surface area contributed by atoms with Gasteiger partial charge in [-0.05, 0) is 34.5 Å². The zero-order chi connectivity index (χ0) is 9.84. The van der Waals surface area contributed by atoms with Crippen LogP contribution in [0.25, 0.3) is 0 Å². The van der Waals surface area contributed by atoms with Gasteiger partial charge in [0.25, 0.3) is 5.56 Å². The molecule has 0 atom stereocenters. The predicted molar refractivity (Wildman–Crippen MR) is 58.0 cm³/mol. The van der Waals surface area contributed by atoms with Gasteiger partial charge in [-0.25, -0.2) is 0 Å². The molecule has 1 rings (SSSR count). The van der Waals surface area contributed by atoms with Crippen LogP contribution >= 0.6 is 27.5 Å². The van der Waals surface area contributed by atoms with Crippen molar-refractivity contribution in [2.75, 3.05) is 0 Å². The second-order valence-corrected chi connectivity index (χ2v) is 3.90. The molecule has 0 aliphatic heterocycles. The summed E-state index contributed by atoms with van der Waals surface area (Å²) in [6.07, 6.45) is 1.74. The van der Waals surface area contributed by atoms with E-state index in [1.165, 1.54) is 11.6 Å². The molecule has 0 bridgehead atoms. The summed E-state index contributed by atoms with van der Waals surface area (Å²) in [5.41, 5.74) is 2.40. The Morgan fingerprint density at radius 1 is 1.69 bits per heavy atom. The van der Waals surface area contributed by atoms with Crippen LogP contribution in [0.4, 0.5) is 0 Å². The van der Waals surface area contributed by atoms with Crippen molar-refractivity contribution in [3.8, 4) is 0 Å². The van der Waals surface area contributed by atoms with Gasteiger partial charge in [0.2, 0.25) is 0 Å². The van der Waals surface area contributed by atoms with E-state index in [0.717, 1.165) is 10.0 Å². The standard InChI is InChI=1S/C9H9BrClNO/c1-7(4-11)5-12-6-8(10)2-3-9(12)13/h2-4,6H,5H2,1H3/b7-4-. The molecule has 0 unspecified atom stereocenters.